The van der Waals surface area contributed by atoms with Crippen LogP contribution in [0, 0.1) is 0 Å². The number of oxazole rings is 1. The van der Waals surface area contributed by atoms with Crippen molar-refractivity contribution in [2.24, 2.45) is 0 Å². The van der Waals surface area contributed by atoms with E-state index in [2.05, 4.69) is 4.98 Å². The van der Waals surface area contributed by atoms with Gasteiger partial charge in [0, 0.05) is 10.3 Å². The van der Waals surface area contributed by atoms with E-state index in [9.17, 15) is 8.42 Å². The Bertz CT molecular complexity index is 947. The van der Waals surface area contributed by atoms with E-state index in [1.807, 2.05) is 13.8 Å². The van der Waals surface area contributed by atoms with E-state index < -0.39 is 9.84 Å². The molecule has 0 amide bonds. The molecule has 5 nitrogen and oxygen atoms in total. The predicted octanol–water partition coefficient (Wildman–Crippen LogP) is 5.31. The molecule has 3 rings (SSSR count). The average molecular weight is 398 g/mol. The largest absolute Gasteiger partial charge is 0.459 e. The molecule has 0 bridgehead atoms. The van der Waals surface area contributed by atoms with Crippen LogP contribution >= 0.6 is 23.4 Å². The topological polar surface area (TPSA) is 73.3 Å². The molecule has 0 fully saturated rings. The summed E-state index contributed by atoms with van der Waals surface area (Å²) in [6.07, 6.45) is 2.34. The van der Waals surface area contributed by atoms with Gasteiger partial charge >= 0.3 is 0 Å². The minimum atomic E-state index is -3.84. The van der Waals surface area contributed by atoms with Gasteiger partial charge in [-0.15, -0.1) is 0 Å². The van der Waals surface area contributed by atoms with Crippen LogP contribution in [-0.2, 0) is 9.84 Å². The second-order valence-corrected chi connectivity index (χ2v) is 9.10. The second kappa shape index (κ2) is 7.27. The fraction of sp³-hybridized carbons (Fsp3) is 0.235. The molecule has 0 spiro atoms. The van der Waals surface area contributed by atoms with Crippen LogP contribution in [-0.4, -0.2) is 18.7 Å². The number of nitrogens with zero attached hydrogens (tertiary/aromatic N) is 1. The van der Waals surface area contributed by atoms with Gasteiger partial charge in [-0.3, -0.25) is 0 Å². The third-order valence-electron chi connectivity index (χ3n) is 3.56. The summed E-state index contributed by atoms with van der Waals surface area (Å²) in [5.74, 6) is 0.520. The average Bonchev–Trinajstić information content (AvgIpc) is 3.24. The number of halogens is 1. The second-order valence-electron chi connectivity index (χ2n) is 5.38. The van der Waals surface area contributed by atoms with Crippen LogP contribution < -0.4 is 0 Å². The summed E-state index contributed by atoms with van der Waals surface area (Å²) in [7, 11) is -3.84. The highest BCUT2D eigenvalue weighted by atomic mass is 35.5. The van der Waals surface area contributed by atoms with E-state index in [1.165, 1.54) is 42.3 Å². The first-order valence-corrected chi connectivity index (χ1v) is 10.4. The third-order valence-corrected chi connectivity index (χ3v) is 6.85. The van der Waals surface area contributed by atoms with Crippen LogP contribution in [0.15, 0.2) is 66.5 Å². The molecule has 0 aliphatic rings. The van der Waals surface area contributed by atoms with Crippen LogP contribution in [0.1, 0.15) is 20.3 Å². The van der Waals surface area contributed by atoms with Gasteiger partial charge in [0.1, 0.15) is 0 Å². The number of benzene rings is 1. The van der Waals surface area contributed by atoms with E-state index >= 15 is 0 Å². The number of thioether (sulfide) groups is 1. The maximum atomic E-state index is 13.0. The number of sulfone groups is 1. The van der Waals surface area contributed by atoms with Crippen LogP contribution in [0.25, 0.3) is 11.7 Å². The van der Waals surface area contributed by atoms with Crippen molar-refractivity contribution in [3.05, 3.63) is 47.7 Å². The lowest BCUT2D eigenvalue weighted by molar-refractivity contribution is 0.450. The van der Waals surface area contributed by atoms with Crippen LogP contribution in [0.4, 0.5) is 0 Å². The zero-order valence-electron chi connectivity index (χ0n) is 13.6. The fourth-order valence-electron chi connectivity index (χ4n) is 2.03. The van der Waals surface area contributed by atoms with Crippen molar-refractivity contribution in [2.45, 2.75) is 40.5 Å². The molecule has 0 aliphatic heterocycles. The molecular formula is C17H16ClNO4S2. The van der Waals surface area contributed by atoms with Gasteiger partial charge in [-0.25, -0.2) is 8.42 Å². The minimum absolute atomic E-state index is 0.105. The monoisotopic (exact) mass is 397 g/mol. The summed E-state index contributed by atoms with van der Waals surface area (Å²) >= 11 is 7.19. The SMILES string of the molecule is CC[C@@H](C)Sc1oc(-c2ccco2)nc1S(=O)(=O)c1ccc(Cl)cc1. The van der Waals surface area contributed by atoms with Gasteiger partial charge in [-0.2, -0.15) is 4.98 Å². The van der Waals surface area contributed by atoms with E-state index in [4.69, 9.17) is 20.4 Å². The molecule has 2 aromatic heterocycles. The van der Waals surface area contributed by atoms with Crippen molar-refractivity contribution >= 4 is 33.2 Å². The highest BCUT2D eigenvalue weighted by Gasteiger charge is 2.30. The molecule has 3 aromatic rings. The van der Waals surface area contributed by atoms with Gasteiger partial charge in [0.2, 0.25) is 20.0 Å². The Labute approximate surface area is 155 Å². The third kappa shape index (κ3) is 3.78. The molecule has 25 heavy (non-hydrogen) atoms. The van der Waals surface area contributed by atoms with Crippen molar-refractivity contribution < 1.29 is 17.3 Å². The number of hydrogen-bond donors (Lipinski definition) is 0. The maximum Gasteiger partial charge on any atom is 0.265 e. The molecule has 0 radical (unpaired) electrons. The lowest BCUT2D eigenvalue weighted by atomic mass is 10.4. The molecular weight excluding hydrogens is 382 g/mol. The zero-order valence-corrected chi connectivity index (χ0v) is 16.0. The first kappa shape index (κ1) is 18.1. The Hall–Kier alpha value is -1.70. The molecule has 0 aliphatic carbocycles. The van der Waals surface area contributed by atoms with Gasteiger partial charge in [0.25, 0.3) is 5.89 Å². The molecule has 132 valence electrons. The lowest BCUT2D eigenvalue weighted by Crippen LogP contribution is -2.04. The molecule has 2 heterocycles. The van der Waals surface area contributed by atoms with Gasteiger partial charge in [-0.1, -0.05) is 37.2 Å². The van der Waals surface area contributed by atoms with Crippen molar-refractivity contribution in [3.8, 4) is 11.7 Å². The van der Waals surface area contributed by atoms with E-state index in [-0.39, 0.29) is 26.2 Å². The predicted molar refractivity (Wildman–Crippen MR) is 96.7 cm³/mol. The first-order chi connectivity index (χ1) is 11.9. The first-order valence-electron chi connectivity index (χ1n) is 7.64. The summed E-state index contributed by atoms with van der Waals surface area (Å²) in [6.45, 7) is 4.02. The molecule has 0 saturated heterocycles. The van der Waals surface area contributed by atoms with Crippen molar-refractivity contribution in [1.82, 2.24) is 4.98 Å². The standard InChI is InChI=1S/C17H16ClNO4S2/c1-3-11(2)24-17-16(19-15(23-17)14-5-4-10-22-14)25(20,21)13-8-6-12(18)7-9-13/h4-11H,3H2,1-2H3/t11-/m1/s1. The molecule has 0 unspecified atom stereocenters. The Morgan fingerprint density at radius 3 is 2.56 bits per heavy atom. The van der Waals surface area contributed by atoms with Crippen molar-refractivity contribution in [2.75, 3.05) is 0 Å². The van der Waals surface area contributed by atoms with Gasteiger partial charge < -0.3 is 8.83 Å². The molecule has 0 saturated carbocycles. The Balaban J connectivity index is 2.10. The zero-order chi connectivity index (χ0) is 18.0. The van der Waals surface area contributed by atoms with Crippen molar-refractivity contribution in [1.29, 1.82) is 0 Å². The smallest absolute Gasteiger partial charge is 0.265 e. The quantitative estimate of drug-likeness (QED) is 0.524. The Morgan fingerprint density at radius 2 is 1.96 bits per heavy atom. The van der Waals surface area contributed by atoms with Crippen LogP contribution in [0.5, 0.6) is 0 Å². The number of hydrogen-bond acceptors (Lipinski definition) is 6. The highest BCUT2D eigenvalue weighted by molar-refractivity contribution is 8.00. The summed E-state index contributed by atoms with van der Waals surface area (Å²) in [6, 6.07) is 9.33. The van der Waals surface area contributed by atoms with Crippen LogP contribution in [0.2, 0.25) is 5.02 Å². The van der Waals surface area contributed by atoms with Gasteiger partial charge in [0.15, 0.2) is 5.76 Å². The fourth-order valence-corrected chi connectivity index (χ4v) is 4.62. The van der Waals surface area contributed by atoms with E-state index in [0.29, 0.717) is 10.8 Å². The summed E-state index contributed by atoms with van der Waals surface area (Å²) in [4.78, 5) is 4.32. The summed E-state index contributed by atoms with van der Waals surface area (Å²) < 4.78 is 37.0. The van der Waals surface area contributed by atoms with E-state index in [0.717, 1.165) is 6.42 Å². The van der Waals surface area contributed by atoms with E-state index in [1.54, 1.807) is 12.1 Å². The number of furan rings is 1. The summed E-state index contributed by atoms with van der Waals surface area (Å²) in [5.41, 5.74) is 0. The molecule has 8 heteroatoms. The van der Waals surface area contributed by atoms with Crippen molar-refractivity contribution in [3.63, 3.8) is 0 Å². The highest BCUT2D eigenvalue weighted by Crippen LogP contribution is 2.37. The Morgan fingerprint density at radius 1 is 1.24 bits per heavy atom. The molecule has 1 atom stereocenters. The normalized spacial score (nSPS) is 13.1. The minimum Gasteiger partial charge on any atom is -0.459 e. The van der Waals surface area contributed by atoms with Gasteiger partial charge in [0.05, 0.1) is 11.2 Å². The maximum absolute atomic E-state index is 13.0. The van der Waals surface area contributed by atoms with Gasteiger partial charge in [-0.05, 0) is 42.8 Å². The Kier molecular flexibility index (Phi) is 5.27. The van der Waals surface area contributed by atoms with Crippen LogP contribution in [0.3, 0.4) is 0 Å². The lowest BCUT2D eigenvalue weighted by Gasteiger charge is -2.07. The molecule has 1 aromatic carbocycles. The summed E-state index contributed by atoms with van der Waals surface area (Å²) in [5, 5.41) is 0.795. The number of rotatable bonds is 6. The number of aromatic nitrogens is 1. The molecule has 0 N–H and O–H groups in total.